The maximum Gasteiger partial charge on any atom is 0.352 e. The third kappa shape index (κ3) is 7.14. The zero-order valence-corrected chi connectivity index (χ0v) is 21.1. The first-order valence-corrected chi connectivity index (χ1v) is 12.1. The summed E-state index contributed by atoms with van der Waals surface area (Å²) < 4.78 is 21.4. The molecule has 12 nitrogen and oxygen atoms in total. The molecule has 0 unspecified atom stereocenters. The van der Waals surface area contributed by atoms with Crippen molar-refractivity contribution in [2.45, 2.75) is 34.0 Å². The molecule has 0 radical (unpaired) electrons. The van der Waals surface area contributed by atoms with Crippen LogP contribution in [0.15, 0.2) is 24.3 Å². The van der Waals surface area contributed by atoms with Gasteiger partial charge in [-0.25, -0.2) is 14.4 Å². The Labute approximate surface area is 211 Å². The Bertz CT molecular complexity index is 1240. The Hall–Kier alpha value is -3.69. The minimum Gasteiger partial charge on any atom is -0.477 e. The lowest BCUT2D eigenvalue weighted by Gasteiger charge is -2.06. The van der Waals surface area contributed by atoms with Crippen LogP contribution in [0.2, 0.25) is 0 Å². The first-order chi connectivity index (χ1) is 16.8. The van der Waals surface area contributed by atoms with Crippen molar-refractivity contribution in [2.75, 3.05) is 0 Å². The summed E-state index contributed by atoms with van der Waals surface area (Å²) in [7, 11) is 0. The Kier molecular flexibility index (Phi) is 8.99. The fourth-order valence-corrected chi connectivity index (χ4v) is 4.02. The SMILES string of the molecule is Cc1nnsc1C(=O)O.Cc1nnsc1C(=O)OCc1ccc(COC(=O)c2snnc2C)cc1. The van der Waals surface area contributed by atoms with Gasteiger partial charge in [0, 0.05) is 0 Å². The topological polar surface area (TPSA) is 167 Å². The highest BCUT2D eigenvalue weighted by Gasteiger charge is 2.16. The Morgan fingerprint density at radius 1 is 0.686 bits per heavy atom. The highest BCUT2D eigenvalue weighted by molar-refractivity contribution is 7.08. The second-order valence-electron chi connectivity index (χ2n) is 6.84. The van der Waals surface area contributed by atoms with Crippen LogP contribution >= 0.6 is 34.6 Å². The van der Waals surface area contributed by atoms with Crippen LogP contribution in [0, 0.1) is 20.8 Å². The van der Waals surface area contributed by atoms with Crippen LogP contribution in [0.5, 0.6) is 0 Å². The predicted octanol–water partition coefficient (Wildman–Crippen LogP) is 3.27. The van der Waals surface area contributed by atoms with Crippen LogP contribution in [-0.2, 0) is 22.7 Å². The van der Waals surface area contributed by atoms with Gasteiger partial charge in [-0.2, -0.15) is 0 Å². The molecule has 0 saturated heterocycles. The van der Waals surface area contributed by atoms with Crippen molar-refractivity contribution in [2.24, 2.45) is 0 Å². The summed E-state index contributed by atoms with van der Waals surface area (Å²) in [6, 6.07) is 7.25. The van der Waals surface area contributed by atoms with E-state index < -0.39 is 17.9 Å². The summed E-state index contributed by atoms with van der Waals surface area (Å²) in [5, 5.41) is 19.5. The number of aromatic nitrogens is 6. The molecule has 0 atom stereocenters. The number of benzene rings is 1. The van der Waals surface area contributed by atoms with Gasteiger partial charge in [-0.15, -0.1) is 15.3 Å². The predicted molar refractivity (Wildman–Crippen MR) is 126 cm³/mol. The second kappa shape index (κ2) is 12.1. The van der Waals surface area contributed by atoms with Crippen molar-refractivity contribution in [3.63, 3.8) is 0 Å². The molecule has 0 fully saturated rings. The van der Waals surface area contributed by atoms with Gasteiger partial charge >= 0.3 is 17.9 Å². The number of esters is 2. The van der Waals surface area contributed by atoms with Crippen molar-refractivity contribution < 1.29 is 29.0 Å². The van der Waals surface area contributed by atoms with Crippen molar-refractivity contribution in [3.8, 4) is 0 Å². The molecule has 4 aromatic rings. The molecule has 1 N–H and O–H groups in total. The molecular formula is C20H18N6O6S3. The van der Waals surface area contributed by atoms with Crippen LogP contribution < -0.4 is 0 Å². The van der Waals surface area contributed by atoms with Gasteiger partial charge in [0.25, 0.3) is 0 Å². The van der Waals surface area contributed by atoms with E-state index in [4.69, 9.17) is 14.6 Å². The van der Waals surface area contributed by atoms with E-state index in [1.807, 2.05) is 24.3 Å². The monoisotopic (exact) mass is 534 g/mol. The highest BCUT2D eigenvalue weighted by atomic mass is 32.1. The maximum absolute atomic E-state index is 11.9. The van der Waals surface area contributed by atoms with E-state index in [1.165, 1.54) is 0 Å². The van der Waals surface area contributed by atoms with E-state index in [0.717, 1.165) is 45.7 Å². The smallest absolute Gasteiger partial charge is 0.352 e. The summed E-state index contributed by atoms with van der Waals surface area (Å²) in [4.78, 5) is 35.1. The summed E-state index contributed by atoms with van der Waals surface area (Å²) >= 11 is 2.92. The number of rotatable bonds is 7. The standard InChI is InChI=1S/C16H14N4O4S2.C4H4N2O2S/c1-9-13(25-19-17-9)15(21)23-7-11-3-5-12(6-4-11)8-24-16(22)14-10(2)18-20-26-14;1-2-3(4(7)8)9-6-5-2/h3-6H,7-8H2,1-2H3;1H3,(H,7,8). The molecule has 0 aliphatic rings. The van der Waals surface area contributed by atoms with E-state index >= 15 is 0 Å². The Balaban J connectivity index is 0.000000320. The zero-order valence-electron chi connectivity index (χ0n) is 18.6. The molecule has 3 heterocycles. The average molecular weight is 535 g/mol. The van der Waals surface area contributed by atoms with Crippen LogP contribution in [0.1, 0.15) is 57.2 Å². The molecule has 0 aliphatic heterocycles. The van der Waals surface area contributed by atoms with Gasteiger partial charge < -0.3 is 14.6 Å². The first-order valence-electron chi connectivity index (χ1n) is 9.78. The van der Waals surface area contributed by atoms with Crippen LogP contribution in [0.4, 0.5) is 0 Å². The molecule has 0 amide bonds. The maximum atomic E-state index is 11.9. The third-order valence-corrected chi connectivity index (χ3v) is 6.71. The van der Waals surface area contributed by atoms with Gasteiger partial charge in [-0.05, 0) is 66.5 Å². The van der Waals surface area contributed by atoms with E-state index in [-0.39, 0.29) is 18.1 Å². The summed E-state index contributed by atoms with van der Waals surface area (Å²) in [5.74, 6) is -1.84. The van der Waals surface area contributed by atoms with Crippen LogP contribution in [0.3, 0.4) is 0 Å². The number of carbonyl (C=O) groups is 3. The van der Waals surface area contributed by atoms with E-state index in [2.05, 4.69) is 28.8 Å². The van der Waals surface area contributed by atoms with Crippen molar-refractivity contribution in [1.82, 2.24) is 28.8 Å². The molecule has 0 bridgehead atoms. The molecule has 1 aromatic carbocycles. The third-order valence-electron chi connectivity index (χ3n) is 4.28. The van der Waals surface area contributed by atoms with Gasteiger partial charge in [-0.1, -0.05) is 37.7 Å². The molecule has 182 valence electrons. The number of carbonyl (C=O) groups excluding carboxylic acids is 2. The molecule has 0 aliphatic carbocycles. The summed E-state index contributed by atoms with van der Waals surface area (Å²) in [6.07, 6.45) is 0. The molecule has 15 heteroatoms. The van der Waals surface area contributed by atoms with Crippen LogP contribution in [-0.4, -0.2) is 51.8 Å². The van der Waals surface area contributed by atoms with Gasteiger partial charge in [0.2, 0.25) is 0 Å². The van der Waals surface area contributed by atoms with E-state index in [0.29, 0.717) is 26.8 Å². The fourth-order valence-electron chi connectivity index (χ4n) is 2.43. The van der Waals surface area contributed by atoms with Gasteiger partial charge in [-0.3, -0.25) is 0 Å². The van der Waals surface area contributed by atoms with Crippen molar-refractivity contribution in [3.05, 3.63) is 67.1 Å². The molecule has 0 saturated carbocycles. The fraction of sp³-hybridized carbons (Fsp3) is 0.250. The lowest BCUT2D eigenvalue weighted by molar-refractivity contribution is 0.0464. The number of hydrogen-bond acceptors (Lipinski definition) is 14. The molecule has 0 spiro atoms. The minimum absolute atomic E-state index is 0.141. The number of nitrogens with zero attached hydrogens (tertiary/aromatic N) is 6. The number of carboxylic acid groups (broad SMARTS) is 1. The molecule has 4 rings (SSSR count). The first kappa shape index (κ1) is 25.9. The second-order valence-corrected chi connectivity index (χ2v) is 9.10. The average Bonchev–Trinajstić information content (AvgIpc) is 3.58. The normalized spacial score (nSPS) is 10.3. The number of ether oxygens (including phenoxy) is 2. The van der Waals surface area contributed by atoms with E-state index in [1.54, 1.807) is 20.8 Å². The number of carboxylic acids is 1. The summed E-state index contributed by atoms with van der Waals surface area (Å²) in [6.45, 7) is 5.32. The minimum atomic E-state index is -0.956. The highest BCUT2D eigenvalue weighted by Crippen LogP contribution is 2.15. The quantitative estimate of drug-likeness (QED) is 0.344. The van der Waals surface area contributed by atoms with Crippen molar-refractivity contribution in [1.29, 1.82) is 0 Å². The molecular weight excluding hydrogens is 516 g/mol. The summed E-state index contributed by atoms with van der Waals surface area (Å²) in [5.41, 5.74) is 3.25. The number of aryl methyl sites for hydroxylation is 3. The molecule has 3 aromatic heterocycles. The van der Waals surface area contributed by atoms with Gasteiger partial charge in [0.05, 0.1) is 17.1 Å². The van der Waals surface area contributed by atoms with Gasteiger partial charge in [0.15, 0.2) is 14.6 Å². The van der Waals surface area contributed by atoms with E-state index in [9.17, 15) is 14.4 Å². The molecule has 35 heavy (non-hydrogen) atoms. The largest absolute Gasteiger partial charge is 0.477 e. The Morgan fingerprint density at radius 3 is 1.29 bits per heavy atom. The van der Waals surface area contributed by atoms with Crippen molar-refractivity contribution >= 4 is 52.5 Å². The Morgan fingerprint density at radius 2 is 1.03 bits per heavy atom. The van der Waals surface area contributed by atoms with Gasteiger partial charge in [0.1, 0.15) is 13.2 Å². The lowest BCUT2D eigenvalue weighted by Crippen LogP contribution is -2.06. The number of aromatic carboxylic acids is 1. The number of hydrogen-bond donors (Lipinski definition) is 1. The zero-order chi connectivity index (χ0) is 25.4. The lowest BCUT2D eigenvalue weighted by atomic mass is 10.1. The van der Waals surface area contributed by atoms with Crippen LogP contribution in [0.25, 0.3) is 0 Å².